The smallest absolute Gasteiger partial charge is 0.241 e. The highest BCUT2D eigenvalue weighted by atomic mass is 32.2. The van der Waals surface area contributed by atoms with Crippen molar-refractivity contribution >= 4 is 10.0 Å². The third-order valence-electron chi connectivity index (χ3n) is 3.57. The highest BCUT2D eigenvalue weighted by molar-refractivity contribution is 7.89. The molecule has 0 atom stereocenters. The summed E-state index contributed by atoms with van der Waals surface area (Å²) in [4.78, 5) is 0.359. The van der Waals surface area contributed by atoms with Crippen molar-refractivity contribution in [2.45, 2.75) is 50.6 Å². The molecule has 1 aromatic carbocycles. The van der Waals surface area contributed by atoms with E-state index in [2.05, 4.69) is 10.0 Å². The topological polar surface area (TPSA) is 58.2 Å². The van der Waals surface area contributed by atoms with E-state index in [1.165, 1.54) is 0 Å². The highest BCUT2D eigenvalue weighted by Gasteiger charge is 2.28. The van der Waals surface area contributed by atoms with Crippen molar-refractivity contribution in [3.63, 3.8) is 0 Å². The molecule has 0 bridgehead atoms. The molecule has 4 nitrogen and oxygen atoms in total. The molecule has 0 aromatic heterocycles. The lowest BCUT2D eigenvalue weighted by molar-refractivity contribution is 0.388. The van der Waals surface area contributed by atoms with Gasteiger partial charge in [0.1, 0.15) is 0 Å². The fraction of sp³-hybridized carbons (Fsp3) is 0.571. The van der Waals surface area contributed by atoms with E-state index in [1.807, 2.05) is 32.9 Å². The third-order valence-corrected chi connectivity index (χ3v) is 5.31. The SMILES string of the molecule is CCC(C)(CC)NS(=O)(=O)c1ccccc1CNC. The standard InChI is InChI=1S/C14H24N2O2S/c1-5-14(3,6-2)16-19(17,18)13-10-8-7-9-12(13)11-15-4/h7-10,15-16H,5-6,11H2,1-4H3. The summed E-state index contributed by atoms with van der Waals surface area (Å²) in [6.45, 7) is 6.45. The molecule has 0 aliphatic heterocycles. The van der Waals surface area contributed by atoms with E-state index >= 15 is 0 Å². The van der Waals surface area contributed by atoms with E-state index in [9.17, 15) is 8.42 Å². The van der Waals surface area contributed by atoms with E-state index in [-0.39, 0.29) is 0 Å². The molecule has 5 heteroatoms. The van der Waals surface area contributed by atoms with Gasteiger partial charge in [0.25, 0.3) is 0 Å². The number of nitrogens with one attached hydrogen (secondary N) is 2. The van der Waals surface area contributed by atoms with Crippen LogP contribution in [-0.2, 0) is 16.6 Å². The Morgan fingerprint density at radius 1 is 1.16 bits per heavy atom. The first-order valence-electron chi connectivity index (χ1n) is 6.65. The number of hydrogen-bond donors (Lipinski definition) is 2. The van der Waals surface area contributed by atoms with Crippen molar-refractivity contribution in [1.82, 2.24) is 10.0 Å². The first-order valence-corrected chi connectivity index (χ1v) is 8.13. The van der Waals surface area contributed by atoms with Crippen molar-refractivity contribution in [3.05, 3.63) is 29.8 Å². The second kappa shape index (κ2) is 6.50. The summed E-state index contributed by atoms with van der Waals surface area (Å²) >= 11 is 0. The van der Waals surface area contributed by atoms with Gasteiger partial charge in [-0.05, 0) is 38.4 Å². The minimum absolute atomic E-state index is 0.359. The number of hydrogen-bond acceptors (Lipinski definition) is 3. The van der Waals surface area contributed by atoms with Gasteiger partial charge in [0.2, 0.25) is 10.0 Å². The highest BCUT2D eigenvalue weighted by Crippen LogP contribution is 2.21. The van der Waals surface area contributed by atoms with Gasteiger partial charge in [0.15, 0.2) is 0 Å². The molecule has 0 spiro atoms. The van der Waals surface area contributed by atoms with Crippen LogP contribution in [0.15, 0.2) is 29.2 Å². The van der Waals surface area contributed by atoms with Gasteiger partial charge in [-0.15, -0.1) is 0 Å². The Hall–Kier alpha value is -0.910. The molecule has 0 unspecified atom stereocenters. The lowest BCUT2D eigenvalue weighted by atomic mass is 9.98. The van der Waals surface area contributed by atoms with E-state index in [0.29, 0.717) is 11.4 Å². The second-order valence-electron chi connectivity index (χ2n) is 5.01. The zero-order chi connectivity index (χ0) is 14.5. The maximum Gasteiger partial charge on any atom is 0.241 e. The molecule has 0 aliphatic carbocycles. The number of rotatable bonds is 7. The second-order valence-corrected chi connectivity index (χ2v) is 6.66. The molecule has 0 amide bonds. The van der Waals surface area contributed by atoms with Crippen LogP contribution in [0, 0.1) is 0 Å². The first kappa shape index (κ1) is 16.1. The molecule has 1 rings (SSSR count). The molecular formula is C14H24N2O2S. The van der Waals surface area contributed by atoms with Crippen molar-refractivity contribution in [2.24, 2.45) is 0 Å². The minimum Gasteiger partial charge on any atom is -0.316 e. The molecule has 0 saturated heterocycles. The molecule has 0 saturated carbocycles. The Bertz CT molecular complexity index is 508. The quantitative estimate of drug-likeness (QED) is 0.807. The Labute approximate surface area is 116 Å². The van der Waals surface area contributed by atoms with Crippen LogP contribution in [0.1, 0.15) is 39.2 Å². The van der Waals surface area contributed by atoms with Gasteiger partial charge in [-0.2, -0.15) is 0 Å². The average molecular weight is 284 g/mol. The van der Waals surface area contributed by atoms with Gasteiger partial charge >= 0.3 is 0 Å². The van der Waals surface area contributed by atoms with Crippen LogP contribution in [0.4, 0.5) is 0 Å². The summed E-state index contributed by atoms with van der Waals surface area (Å²) in [6, 6.07) is 7.09. The Morgan fingerprint density at radius 2 is 1.74 bits per heavy atom. The van der Waals surface area contributed by atoms with Gasteiger partial charge in [0, 0.05) is 12.1 Å². The monoisotopic (exact) mass is 284 g/mol. The Balaban J connectivity index is 3.14. The van der Waals surface area contributed by atoms with Crippen molar-refractivity contribution < 1.29 is 8.42 Å². The lowest BCUT2D eigenvalue weighted by Crippen LogP contribution is -2.45. The van der Waals surface area contributed by atoms with E-state index < -0.39 is 15.6 Å². The van der Waals surface area contributed by atoms with E-state index in [4.69, 9.17) is 0 Å². The van der Waals surface area contributed by atoms with Gasteiger partial charge < -0.3 is 5.32 Å². The predicted octanol–water partition coefficient (Wildman–Crippen LogP) is 2.26. The maximum absolute atomic E-state index is 12.5. The Morgan fingerprint density at radius 3 is 2.26 bits per heavy atom. The molecule has 0 radical (unpaired) electrons. The molecular weight excluding hydrogens is 260 g/mol. The molecule has 108 valence electrons. The van der Waals surface area contributed by atoms with Crippen LogP contribution in [0.2, 0.25) is 0 Å². The van der Waals surface area contributed by atoms with Crippen LogP contribution < -0.4 is 10.0 Å². The molecule has 0 heterocycles. The average Bonchev–Trinajstić information content (AvgIpc) is 2.39. The summed E-state index contributed by atoms with van der Waals surface area (Å²) in [5.41, 5.74) is 0.387. The van der Waals surface area contributed by atoms with Crippen molar-refractivity contribution in [2.75, 3.05) is 7.05 Å². The molecule has 1 aromatic rings. The van der Waals surface area contributed by atoms with Gasteiger partial charge in [0.05, 0.1) is 4.90 Å². The largest absolute Gasteiger partial charge is 0.316 e. The summed E-state index contributed by atoms with van der Waals surface area (Å²) in [6.07, 6.45) is 1.52. The first-order chi connectivity index (χ1) is 8.88. The third kappa shape index (κ3) is 4.03. The minimum atomic E-state index is -3.48. The van der Waals surface area contributed by atoms with Crippen LogP contribution in [-0.4, -0.2) is 21.0 Å². The van der Waals surface area contributed by atoms with Crippen LogP contribution >= 0.6 is 0 Å². The fourth-order valence-electron chi connectivity index (χ4n) is 1.88. The molecule has 19 heavy (non-hydrogen) atoms. The van der Waals surface area contributed by atoms with Crippen LogP contribution in [0.3, 0.4) is 0 Å². The number of sulfonamides is 1. The van der Waals surface area contributed by atoms with E-state index in [0.717, 1.165) is 18.4 Å². The van der Waals surface area contributed by atoms with Crippen LogP contribution in [0.5, 0.6) is 0 Å². The fourth-order valence-corrected chi connectivity index (χ4v) is 3.67. The number of benzene rings is 1. The van der Waals surface area contributed by atoms with Crippen molar-refractivity contribution in [1.29, 1.82) is 0 Å². The summed E-state index contributed by atoms with van der Waals surface area (Å²) in [5, 5.41) is 3.00. The normalized spacial score (nSPS) is 12.6. The van der Waals surface area contributed by atoms with E-state index in [1.54, 1.807) is 19.2 Å². The Kier molecular flexibility index (Phi) is 5.52. The molecule has 0 fully saturated rings. The van der Waals surface area contributed by atoms with Crippen molar-refractivity contribution in [3.8, 4) is 0 Å². The zero-order valence-electron chi connectivity index (χ0n) is 12.2. The summed E-state index contributed by atoms with van der Waals surface area (Å²) < 4.78 is 27.9. The maximum atomic E-state index is 12.5. The zero-order valence-corrected chi connectivity index (χ0v) is 13.0. The lowest BCUT2D eigenvalue weighted by Gasteiger charge is -2.28. The van der Waals surface area contributed by atoms with Gasteiger partial charge in [-0.1, -0.05) is 32.0 Å². The van der Waals surface area contributed by atoms with Crippen LogP contribution in [0.25, 0.3) is 0 Å². The predicted molar refractivity (Wildman–Crippen MR) is 78.5 cm³/mol. The summed E-state index contributed by atoms with van der Waals surface area (Å²) in [7, 11) is -1.68. The molecule has 2 N–H and O–H groups in total. The van der Waals surface area contributed by atoms with Gasteiger partial charge in [-0.25, -0.2) is 13.1 Å². The molecule has 0 aliphatic rings. The summed E-state index contributed by atoms with van der Waals surface area (Å²) in [5.74, 6) is 0. The van der Waals surface area contributed by atoms with Gasteiger partial charge in [-0.3, -0.25) is 0 Å².